The van der Waals surface area contributed by atoms with E-state index >= 15 is 0 Å². The van der Waals surface area contributed by atoms with Crippen LogP contribution in [-0.4, -0.2) is 43.7 Å². The fourth-order valence-electron chi connectivity index (χ4n) is 1.68. The van der Waals surface area contributed by atoms with Gasteiger partial charge in [-0.05, 0) is 12.1 Å². The van der Waals surface area contributed by atoms with Crippen LogP contribution >= 0.6 is 15.9 Å². The number of halogens is 3. The number of hydrogen-bond acceptors (Lipinski definition) is 3. The molecule has 0 unspecified atom stereocenters. The van der Waals surface area contributed by atoms with E-state index in [1.807, 2.05) is 0 Å². The van der Waals surface area contributed by atoms with Gasteiger partial charge in [0.2, 0.25) is 5.82 Å². The lowest BCUT2D eigenvalue weighted by molar-refractivity contribution is -0.137. The average molecular weight is 336 g/mol. The molecule has 1 fully saturated rings. The number of carbonyl (C=O) groups excluding carboxylic acids is 1. The maximum Gasteiger partial charge on any atom is 0.260 e. The van der Waals surface area contributed by atoms with E-state index in [4.69, 9.17) is 9.47 Å². The summed E-state index contributed by atoms with van der Waals surface area (Å²) in [7, 11) is 0. The Balaban J connectivity index is 1.96. The number of benzene rings is 1. The first kappa shape index (κ1) is 14.2. The van der Waals surface area contributed by atoms with Crippen LogP contribution in [0, 0.1) is 11.6 Å². The number of ether oxygens (including phenoxy) is 2. The van der Waals surface area contributed by atoms with Crippen LogP contribution in [0.15, 0.2) is 16.6 Å². The molecular weight excluding hydrogens is 324 g/mol. The van der Waals surface area contributed by atoms with Crippen molar-refractivity contribution >= 4 is 21.8 Å². The lowest BCUT2D eigenvalue weighted by atomic mass is 10.3. The van der Waals surface area contributed by atoms with Crippen LogP contribution in [0.4, 0.5) is 8.78 Å². The molecule has 0 atom stereocenters. The molecule has 104 valence electrons. The molecule has 1 aromatic rings. The second kappa shape index (κ2) is 6.29. The summed E-state index contributed by atoms with van der Waals surface area (Å²) in [5.41, 5.74) is 0. The fourth-order valence-corrected chi connectivity index (χ4v) is 2.09. The van der Waals surface area contributed by atoms with Gasteiger partial charge >= 0.3 is 0 Å². The van der Waals surface area contributed by atoms with Crippen molar-refractivity contribution in [1.29, 1.82) is 0 Å². The molecule has 1 aromatic carbocycles. The molecule has 1 heterocycles. The summed E-state index contributed by atoms with van der Waals surface area (Å²) in [6.07, 6.45) is 0. The van der Waals surface area contributed by atoms with Crippen molar-refractivity contribution in [3.05, 3.63) is 28.2 Å². The van der Waals surface area contributed by atoms with Crippen LogP contribution in [-0.2, 0) is 9.53 Å². The number of carbonyl (C=O) groups is 1. The summed E-state index contributed by atoms with van der Waals surface area (Å²) in [6.45, 7) is 1.60. The van der Waals surface area contributed by atoms with Gasteiger partial charge in [-0.3, -0.25) is 4.79 Å². The predicted octanol–water partition coefficient (Wildman–Crippen LogP) is 1.96. The third kappa shape index (κ3) is 3.63. The topological polar surface area (TPSA) is 38.8 Å². The third-order valence-electron chi connectivity index (χ3n) is 2.67. The molecule has 0 radical (unpaired) electrons. The van der Waals surface area contributed by atoms with E-state index in [0.717, 1.165) is 6.07 Å². The summed E-state index contributed by atoms with van der Waals surface area (Å²) in [5.74, 6) is -2.68. The van der Waals surface area contributed by atoms with Crippen molar-refractivity contribution in [1.82, 2.24) is 4.90 Å². The lowest BCUT2D eigenvalue weighted by Gasteiger charge is -2.26. The standard InChI is InChI=1S/C12H12BrF2NO3/c13-8-5-9(14)12(15)10(6-8)19-7-11(17)16-1-3-18-4-2-16/h5-6H,1-4,7H2. The zero-order chi connectivity index (χ0) is 13.8. The second-order valence-corrected chi connectivity index (χ2v) is 4.90. The van der Waals surface area contributed by atoms with Gasteiger partial charge in [-0.15, -0.1) is 0 Å². The quantitative estimate of drug-likeness (QED) is 0.793. The van der Waals surface area contributed by atoms with E-state index < -0.39 is 11.6 Å². The van der Waals surface area contributed by atoms with Crippen LogP contribution in [0.2, 0.25) is 0 Å². The van der Waals surface area contributed by atoms with Crippen molar-refractivity contribution in [2.75, 3.05) is 32.9 Å². The van der Waals surface area contributed by atoms with Crippen molar-refractivity contribution < 1.29 is 23.0 Å². The number of amides is 1. The zero-order valence-corrected chi connectivity index (χ0v) is 11.6. The molecule has 4 nitrogen and oxygen atoms in total. The highest BCUT2D eigenvalue weighted by Crippen LogP contribution is 2.25. The SMILES string of the molecule is O=C(COc1cc(Br)cc(F)c1F)N1CCOCC1. The largest absolute Gasteiger partial charge is 0.481 e. The zero-order valence-electron chi connectivity index (χ0n) is 10.00. The lowest BCUT2D eigenvalue weighted by Crippen LogP contribution is -2.43. The molecule has 19 heavy (non-hydrogen) atoms. The second-order valence-electron chi connectivity index (χ2n) is 3.98. The Morgan fingerprint density at radius 3 is 2.74 bits per heavy atom. The maximum absolute atomic E-state index is 13.4. The van der Waals surface area contributed by atoms with Crippen LogP contribution in [0.5, 0.6) is 5.75 Å². The molecule has 1 aliphatic heterocycles. The summed E-state index contributed by atoms with van der Waals surface area (Å²) in [5, 5.41) is 0. The van der Waals surface area contributed by atoms with E-state index in [1.165, 1.54) is 6.07 Å². The summed E-state index contributed by atoms with van der Waals surface area (Å²) >= 11 is 3.03. The Morgan fingerprint density at radius 1 is 1.37 bits per heavy atom. The minimum atomic E-state index is -1.10. The number of nitrogens with zero attached hydrogens (tertiary/aromatic N) is 1. The molecule has 2 rings (SSSR count). The van der Waals surface area contributed by atoms with E-state index in [0.29, 0.717) is 30.8 Å². The average Bonchev–Trinajstić information content (AvgIpc) is 2.41. The van der Waals surface area contributed by atoms with Gasteiger partial charge in [-0.1, -0.05) is 15.9 Å². The van der Waals surface area contributed by atoms with Gasteiger partial charge in [0, 0.05) is 17.6 Å². The molecule has 7 heteroatoms. The highest BCUT2D eigenvalue weighted by Gasteiger charge is 2.18. The van der Waals surface area contributed by atoms with Crippen LogP contribution in [0.25, 0.3) is 0 Å². The third-order valence-corrected chi connectivity index (χ3v) is 3.13. The van der Waals surface area contributed by atoms with Crippen LogP contribution < -0.4 is 4.74 Å². The van der Waals surface area contributed by atoms with Crippen molar-refractivity contribution in [2.45, 2.75) is 0 Å². The summed E-state index contributed by atoms with van der Waals surface area (Å²) in [6, 6.07) is 2.27. The minimum absolute atomic E-state index is 0.275. The van der Waals surface area contributed by atoms with Gasteiger partial charge in [0.05, 0.1) is 13.2 Å². The van der Waals surface area contributed by atoms with Crippen molar-refractivity contribution in [3.8, 4) is 5.75 Å². The van der Waals surface area contributed by atoms with Crippen molar-refractivity contribution in [2.24, 2.45) is 0 Å². The van der Waals surface area contributed by atoms with Crippen LogP contribution in [0.1, 0.15) is 0 Å². The van der Waals surface area contributed by atoms with Gasteiger partial charge < -0.3 is 14.4 Å². The van der Waals surface area contributed by atoms with E-state index in [2.05, 4.69) is 15.9 Å². The first-order valence-corrected chi connectivity index (χ1v) is 6.50. The number of morpholine rings is 1. The van der Waals surface area contributed by atoms with E-state index in [1.54, 1.807) is 4.90 Å². The van der Waals surface area contributed by atoms with E-state index in [-0.39, 0.29) is 18.3 Å². The molecule has 1 aliphatic rings. The Labute approximate surface area is 117 Å². The van der Waals surface area contributed by atoms with Gasteiger partial charge in [0.1, 0.15) is 0 Å². The number of hydrogen-bond donors (Lipinski definition) is 0. The summed E-state index contributed by atoms with van der Waals surface area (Å²) in [4.78, 5) is 13.3. The molecule has 0 bridgehead atoms. The Bertz CT molecular complexity index is 478. The van der Waals surface area contributed by atoms with E-state index in [9.17, 15) is 13.6 Å². The first-order chi connectivity index (χ1) is 9.08. The Kier molecular flexibility index (Phi) is 4.71. The van der Waals surface area contributed by atoms with Crippen molar-refractivity contribution in [3.63, 3.8) is 0 Å². The van der Waals surface area contributed by atoms with Gasteiger partial charge in [-0.25, -0.2) is 4.39 Å². The molecule has 0 aliphatic carbocycles. The van der Waals surface area contributed by atoms with Gasteiger partial charge in [0.25, 0.3) is 5.91 Å². The molecule has 0 saturated carbocycles. The first-order valence-electron chi connectivity index (χ1n) is 5.71. The Hall–Kier alpha value is -1.21. The highest BCUT2D eigenvalue weighted by atomic mass is 79.9. The fraction of sp³-hybridized carbons (Fsp3) is 0.417. The maximum atomic E-state index is 13.4. The highest BCUT2D eigenvalue weighted by molar-refractivity contribution is 9.10. The van der Waals surface area contributed by atoms with Gasteiger partial charge in [0.15, 0.2) is 18.2 Å². The molecular formula is C12H12BrF2NO3. The van der Waals surface area contributed by atoms with Gasteiger partial charge in [-0.2, -0.15) is 4.39 Å². The van der Waals surface area contributed by atoms with Crippen LogP contribution in [0.3, 0.4) is 0 Å². The smallest absolute Gasteiger partial charge is 0.260 e. The predicted molar refractivity (Wildman–Crippen MR) is 67.0 cm³/mol. The summed E-state index contributed by atoms with van der Waals surface area (Å²) < 4.78 is 37.0. The molecule has 0 spiro atoms. The Morgan fingerprint density at radius 2 is 2.05 bits per heavy atom. The monoisotopic (exact) mass is 335 g/mol. The molecule has 0 N–H and O–H groups in total. The molecule has 0 aromatic heterocycles. The normalized spacial score (nSPS) is 15.4. The number of rotatable bonds is 3. The molecule has 1 amide bonds. The molecule has 1 saturated heterocycles. The minimum Gasteiger partial charge on any atom is -0.481 e.